The van der Waals surface area contributed by atoms with Crippen LogP contribution in [0.3, 0.4) is 0 Å². The van der Waals surface area contributed by atoms with Crippen LogP contribution in [0.1, 0.15) is 21.6 Å². The fourth-order valence-electron chi connectivity index (χ4n) is 1.81. The van der Waals surface area contributed by atoms with E-state index in [-0.39, 0.29) is 5.69 Å². The lowest BCUT2D eigenvalue weighted by Crippen LogP contribution is -1.99. The highest BCUT2D eigenvalue weighted by atomic mass is 16.5. The van der Waals surface area contributed by atoms with E-state index in [9.17, 15) is 4.79 Å². The summed E-state index contributed by atoms with van der Waals surface area (Å²) in [5.41, 5.74) is 2.18. The van der Waals surface area contributed by atoms with Gasteiger partial charge in [0.25, 0.3) is 0 Å². The van der Waals surface area contributed by atoms with Crippen LogP contribution in [-0.2, 0) is 6.54 Å². The van der Waals surface area contributed by atoms with Crippen LogP contribution in [0.25, 0.3) is 0 Å². The van der Waals surface area contributed by atoms with E-state index in [1.165, 1.54) is 12.5 Å². The van der Waals surface area contributed by atoms with Crippen LogP contribution >= 0.6 is 0 Å². The number of hydrogen-bond donors (Lipinski definition) is 1. The lowest BCUT2D eigenvalue weighted by atomic mass is 10.1. The van der Waals surface area contributed by atoms with Crippen molar-refractivity contribution >= 4 is 5.97 Å². The zero-order chi connectivity index (χ0) is 13.1. The largest absolute Gasteiger partial charge is 0.496 e. The Morgan fingerprint density at radius 2 is 2.28 bits per heavy atom. The summed E-state index contributed by atoms with van der Waals surface area (Å²) in [6, 6.07) is 5.87. The summed E-state index contributed by atoms with van der Waals surface area (Å²) in [6.45, 7) is 2.56. The maximum atomic E-state index is 10.7. The number of ether oxygens (including phenoxy) is 1. The van der Waals surface area contributed by atoms with Gasteiger partial charge in [-0.05, 0) is 24.1 Å². The number of nitrogens with zero attached hydrogens (tertiary/aromatic N) is 2. The summed E-state index contributed by atoms with van der Waals surface area (Å²) in [5.74, 6) is -0.171. The SMILES string of the molecule is COc1ccc(Cn2cnc(C(=O)O)c2)cc1C. The van der Waals surface area contributed by atoms with Crippen molar-refractivity contribution in [3.8, 4) is 5.75 Å². The van der Waals surface area contributed by atoms with Crippen molar-refractivity contribution in [3.63, 3.8) is 0 Å². The van der Waals surface area contributed by atoms with Crippen molar-refractivity contribution in [3.05, 3.63) is 47.5 Å². The quantitative estimate of drug-likeness (QED) is 0.895. The van der Waals surface area contributed by atoms with E-state index in [4.69, 9.17) is 9.84 Å². The molecule has 0 bridgehead atoms. The molecule has 0 spiro atoms. The third kappa shape index (κ3) is 2.51. The van der Waals surface area contributed by atoms with E-state index in [0.717, 1.165) is 16.9 Å². The topological polar surface area (TPSA) is 64.4 Å². The summed E-state index contributed by atoms with van der Waals surface area (Å²) in [5, 5.41) is 8.78. The molecule has 1 aromatic heterocycles. The number of benzene rings is 1. The monoisotopic (exact) mass is 246 g/mol. The minimum Gasteiger partial charge on any atom is -0.496 e. The highest BCUT2D eigenvalue weighted by molar-refractivity contribution is 5.84. The number of methoxy groups -OCH3 is 1. The molecule has 0 fully saturated rings. The Balaban J connectivity index is 2.18. The number of carboxylic acids is 1. The Morgan fingerprint density at radius 1 is 1.50 bits per heavy atom. The Morgan fingerprint density at radius 3 is 2.83 bits per heavy atom. The van der Waals surface area contributed by atoms with Gasteiger partial charge in [0.15, 0.2) is 5.69 Å². The van der Waals surface area contributed by atoms with Crippen LogP contribution in [0.5, 0.6) is 5.75 Å². The first-order valence-corrected chi connectivity index (χ1v) is 5.48. The van der Waals surface area contributed by atoms with Gasteiger partial charge in [0, 0.05) is 12.7 Å². The van der Waals surface area contributed by atoms with Gasteiger partial charge in [-0.2, -0.15) is 0 Å². The van der Waals surface area contributed by atoms with Crippen molar-refractivity contribution in [2.45, 2.75) is 13.5 Å². The summed E-state index contributed by atoms with van der Waals surface area (Å²) in [4.78, 5) is 14.5. The molecule has 1 aromatic carbocycles. The van der Waals surface area contributed by atoms with E-state index < -0.39 is 5.97 Å². The summed E-state index contributed by atoms with van der Waals surface area (Å²) in [7, 11) is 1.64. The number of aromatic carboxylic acids is 1. The molecule has 0 unspecified atom stereocenters. The number of rotatable bonds is 4. The van der Waals surface area contributed by atoms with Gasteiger partial charge < -0.3 is 14.4 Å². The van der Waals surface area contributed by atoms with Crippen LogP contribution in [0.15, 0.2) is 30.7 Å². The molecule has 1 heterocycles. The molecule has 2 rings (SSSR count). The Bertz CT molecular complexity index is 575. The number of aromatic nitrogens is 2. The van der Waals surface area contributed by atoms with Gasteiger partial charge in [-0.1, -0.05) is 12.1 Å². The molecule has 0 aliphatic heterocycles. The number of hydrogen-bond acceptors (Lipinski definition) is 3. The average molecular weight is 246 g/mol. The molecule has 1 N–H and O–H groups in total. The van der Waals surface area contributed by atoms with E-state index in [1.54, 1.807) is 11.7 Å². The molecule has 0 radical (unpaired) electrons. The van der Waals surface area contributed by atoms with E-state index >= 15 is 0 Å². The van der Waals surface area contributed by atoms with Gasteiger partial charge in [-0.3, -0.25) is 0 Å². The second-order valence-electron chi connectivity index (χ2n) is 4.04. The van der Waals surface area contributed by atoms with Crippen molar-refractivity contribution in [1.82, 2.24) is 9.55 Å². The molecule has 0 amide bonds. The molecule has 18 heavy (non-hydrogen) atoms. The van der Waals surface area contributed by atoms with Crippen LogP contribution in [-0.4, -0.2) is 27.7 Å². The Labute approximate surface area is 105 Å². The molecule has 0 aliphatic rings. The fourth-order valence-corrected chi connectivity index (χ4v) is 1.81. The highest BCUT2D eigenvalue weighted by Crippen LogP contribution is 2.19. The fraction of sp³-hybridized carbons (Fsp3) is 0.231. The number of carboxylic acid groups (broad SMARTS) is 1. The van der Waals surface area contributed by atoms with Gasteiger partial charge in [-0.15, -0.1) is 0 Å². The Hall–Kier alpha value is -2.30. The molecule has 0 aliphatic carbocycles. The van der Waals surface area contributed by atoms with E-state index in [1.807, 2.05) is 25.1 Å². The van der Waals surface area contributed by atoms with Gasteiger partial charge in [0.05, 0.1) is 13.4 Å². The minimum atomic E-state index is -1.01. The van der Waals surface area contributed by atoms with Crippen LogP contribution in [0, 0.1) is 6.92 Å². The molecular formula is C13H14N2O3. The maximum absolute atomic E-state index is 10.7. The van der Waals surface area contributed by atoms with Crippen molar-refractivity contribution in [2.75, 3.05) is 7.11 Å². The predicted octanol–water partition coefficient (Wildman–Crippen LogP) is 1.95. The molecular weight excluding hydrogens is 232 g/mol. The number of carbonyl (C=O) groups is 1. The zero-order valence-corrected chi connectivity index (χ0v) is 10.3. The molecule has 5 heteroatoms. The van der Waals surface area contributed by atoms with Crippen molar-refractivity contribution in [1.29, 1.82) is 0 Å². The van der Waals surface area contributed by atoms with Crippen molar-refractivity contribution < 1.29 is 14.6 Å². The van der Waals surface area contributed by atoms with Gasteiger partial charge in [0.2, 0.25) is 0 Å². The number of imidazole rings is 1. The number of aryl methyl sites for hydroxylation is 1. The maximum Gasteiger partial charge on any atom is 0.356 e. The van der Waals surface area contributed by atoms with E-state index in [2.05, 4.69) is 4.98 Å². The van der Waals surface area contributed by atoms with Crippen LogP contribution in [0.2, 0.25) is 0 Å². The lowest BCUT2D eigenvalue weighted by Gasteiger charge is -2.07. The van der Waals surface area contributed by atoms with E-state index in [0.29, 0.717) is 6.54 Å². The molecule has 0 saturated carbocycles. The minimum absolute atomic E-state index is 0.0558. The third-order valence-corrected chi connectivity index (χ3v) is 2.68. The molecule has 0 atom stereocenters. The molecule has 0 saturated heterocycles. The molecule has 94 valence electrons. The normalized spacial score (nSPS) is 10.3. The van der Waals surface area contributed by atoms with Gasteiger partial charge in [-0.25, -0.2) is 9.78 Å². The van der Waals surface area contributed by atoms with Gasteiger partial charge in [0.1, 0.15) is 5.75 Å². The van der Waals surface area contributed by atoms with Gasteiger partial charge >= 0.3 is 5.97 Å². The molecule has 2 aromatic rings. The second-order valence-corrected chi connectivity index (χ2v) is 4.04. The summed E-state index contributed by atoms with van der Waals surface area (Å²) < 4.78 is 6.93. The predicted molar refractivity (Wildman–Crippen MR) is 66.0 cm³/mol. The first-order valence-electron chi connectivity index (χ1n) is 5.48. The summed E-state index contributed by atoms with van der Waals surface area (Å²) >= 11 is 0. The Kier molecular flexibility index (Phi) is 3.32. The van der Waals surface area contributed by atoms with Crippen LogP contribution < -0.4 is 4.74 Å². The summed E-state index contributed by atoms with van der Waals surface area (Å²) in [6.07, 6.45) is 3.03. The third-order valence-electron chi connectivity index (χ3n) is 2.68. The van der Waals surface area contributed by atoms with Crippen molar-refractivity contribution in [2.24, 2.45) is 0 Å². The zero-order valence-electron chi connectivity index (χ0n) is 10.3. The standard InChI is InChI=1S/C13H14N2O3/c1-9-5-10(3-4-12(9)18-2)6-15-7-11(13(16)17)14-8-15/h3-5,7-8H,6H2,1-2H3,(H,16,17). The first-order chi connectivity index (χ1) is 8.60. The average Bonchev–Trinajstić information content (AvgIpc) is 2.78. The van der Waals surface area contributed by atoms with Crippen LogP contribution in [0.4, 0.5) is 0 Å². The second kappa shape index (κ2) is 4.91. The highest BCUT2D eigenvalue weighted by Gasteiger charge is 2.07. The molecule has 5 nitrogen and oxygen atoms in total. The first kappa shape index (κ1) is 12.2. The lowest BCUT2D eigenvalue weighted by molar-refractivity contribution is 0.0691. The smallest absolute Gasteiger partial charge is 0.356 e.